The second-order valence-corrected chi connectivity index (χ2v) is 2.89. The van der Waals surface area contributed by atoms with Gasteiger partial charge in [0.25, 0.3) is 0 Å². The SMILES string of the molecule is SCCCCCn1cncn1. The smallest absolute Gasteiger partial charge is 0.137 e. The molecule has 4 heteroatoms. The van der Waals surface area contributed by atoms with E-state index in [0.29, 0.717) is 0 Å². The first-order valence-electron chi connectivity index (χ1n) is 3.87. The van der Waals surface area contributed by atoms with Crippen molar-refractivity contribution in [3.63, 3.8) is 0 Å². The maximum Gasteiger partial charge on any atom is 0.137 e. The van der Waals surface area contributed by atoms with Crippen molar-refractivity contribution in [3.8, 4) is 0 Å². The number of hydrogen-bond acceptors (Lipinski definition) is 3. The Balaban J connectivity index is 2.04. The fourth-order valence-corrected chi connectivity index (χ4v) is 1.13. The molecule has 0 saturated carbocycles. The van der Waals surface area contributed by atoms with Crippen LogP contribution in [0.15, 0.2) is 12.7 Å². The van der Waals surface area contributed by atoms with Crippen LogP contribution in [0.1, 0.15) is 19.3 Å². The lowest BCUT2D eigenvalue weighted by molar-refractivity contribution is 0.553. The zero-order valence-electron chi connectivity index (χ0n) is 6.48. The Kier molecular flexibility index (Phi) is 4.04. The molecule has 0 saturated heterocycles. The molecule has 3 nitrogen and oxygen atoms in total. The van der Waals surface area contributed by atoms with Crippen LogP contribution in [0.3, 0.4) is 0 Å². The van der Waals surface area contributed by atoms with E-state index in [1.165, 1.54) is 19.3 Å². The Labute approximate surface area is 72.2 Å². The molecule has 1 aromatic rings. The van der Waals surface area contributed by atoms with Crippen molar-refractivity contribution in [2.24, 2.45) is 0 Å². The summed E-state index contributed by atoms with van der Waals surface area (Å²) in [4.78, 5) is 3.86. The van der Waals surface area contributed by atoms with E-state index < -0.39 is 0 Å². The van der Waals surface area contributed by atoms with Crippen molar-refractivity contribution < 1.29 is 0 Å². The molecule has 1 rings (SSSR count). The van der Waals surface area contributed by atoms with Crippen molar-refractivity contribution in [1.29, 1.82) is 0 Å². The lowest BCUT2D eigenvalue weighted by Gasteiger charge is -1.98. The van der Waals surface area contributed by atoms with Crippen molar-refractivity contribution in [2.75, 3.05) is 5.75 Å². The van der Waals surface area contributed by atoms with Crippen molar-refractivity contribution >= 4 is 12.6 Å². The molecule has 0 N–H and O–H groups in total. The second kappa shape index (κ2) is 5.18. The number of thiol groups is 1. The molecular formula is C7H13N3S. The van der Waals surface area contributed by atoms with Crippen LogP contribution in [0.4, 0.5) is 0 Å². The first-order chi connectivity index (χ1) is 5.43. The van der Waals surface area contributed by atoms with Crippen LogP contribution in [0, 0.1) is 0 Å². The monoisotopic (exact) mass is 171 g/mol. The maximum absolute atomic E-state index is 4.13. The third kappa shape index (κ3) is 3.41. The average Bonchev–Trinajstić information content (AvgIpc) is 2.50. The van der Waals surface area contributed by atoms with Crippen LogP contribution >= 0.6 is 12.6 Å². The summed E-state index contributed by atoms with van der Waals surface area (Å²) >= 11 is 4.13. The summed E-state index contributed by atoms with van der Waals surface area (Å²) in [6.45, 7) is 0.980. The van der Waals surface area contributed by atoms with E-state index in [4.69, 9.17) is 0 Å². The number of hydrogen-bond donors (Lipinski definition) is 1. The lowest BCUT2D eigenvalue weighted by atomic mass is 10.2. The van der Waals surface area contributed by atoms with Gasteiger partial charge in [0.05, 0.1) is 0 Å². The molecular weight excluding hydrogens is 158 g/mol. The third-order valence-electron chi connectivity index (χ3n) is 1.51. The van der Waals surface area contributed by atoms with Gasteiger partial charge < -0.3 is 0 Å². The van der Waals surface area contributed by atoms with Gasteiger partial charge in [0.1, 0.15) is 12.7 Å². The summed E-state index contributed by atoms with van der Waals surface area (Å²) in [5.74, 6) is 0.983. The summed E-state index contributed by atoms with van der Waals surface area (Å²) in [7, 11) is 0. The zero-order chi connectivity index (χ0) is 7.94. The Morgan fingerprint density at radius 2 is 2.18 bits per heavy atom. The molecule has 0 spiro atoms. The molecule has 0 unspecified atom stereocenters. The highest BCUT2D eigenvalue weighted by atomic mass is 32.1. The number of aromatic nitrogens is 3. The molecule has 0 aliphatic carbocycles. The Bertz CT molecular complexity index is 174. The first kappa shape index (κ1) is 8.59. The second-order valence-electron chi connectivity index (χ2n) is 2.44. The lowest BCUT2D eigenvalue weighted by Crippen LogP contribution is -1.97. The normalized spacial score (nSPS) is 10.3. The van der Waals surface area contributed by atoms with Gasteiger partial charge >= 0.3 is 0 Å². The number of unbranched alkanes of at least 4 members (excludes halogenated alkanes) is 2. The van der Waals surface area contributed by atoms with Crippen LogP contribution in [-0.4, -0.2) is 20.5 Å². The highest BCUT2D eigenvalue weighted by Gasteiger charge is 1.90. The summed E-state index contributed by atoms with van der Waals surface area (Å²) in [6.07, 6.45) is 6.91. The summed E-state index contributed by atoms with van der Waals surface area (Å²) in [5, 5.41) is 4.00. The predicted octanol–water partition coefficient (Wildman–Crippen LogP) is 1.38. The predicted molar refractivity (Wildman–Crippen MR) is 47.7 cm³/mol. The van der Waals surface area contributed by atoms with Gasteiger partial charge in [-0.25, -0.2) is 4.98 Å². The van der Waals surface area contributed by atoms with Gasteiger partial charge in [0, 0.05) is 6.54 Å². The summed E-state index contributed by atoms with van der Waals surface area (Å²) < 4.78 is 1.86. The standard InChI is InChI=1S/C7H13N3S/c11-5-3-1-2-4-10-7-8-6-9-10/h6-7,11H,1-5H2. The molecule has 11 heavy (non-hydrogen) atoms. The Morgan fingerprint density at radius 3 is 2.82 bits per heavy atom. The molecule has 0 aromatic carbocycles. The number of rotatable bonds is 5. The minimum absolute atomic E-state index is 0.980. The highest BCUT2D eigenvalue weighted by Crippen LogP contribution is 1.98. The van der Waals surface area contributed by atoms with Crippen LogP contribution in [0.2, 0.25) is 0 Å². The minimum atomic E-state index is 0.980. The molecule has 0 fully saturated rings. The zero-order valence-corrected chi connectivity index (χ0v) is 7.37. The fourth-order valence-electron chi connectivity index (χ4n) is 0.911. The molecule has 0 radical (unpaired) electrons. The van der Waals surface area contributed by atoms with Crippen molar-refractivity contribution in [3.05, 3.63) is 12.7 Å². The largest absolute Gasteiger partial charge is 0.253 e. The molecule has 0 atom stereocenters. The van der Waals surface area contributed by atoms with Crippen LogP contribution in [-0.2, 0) is 6.54 Å². The molecule has 0 aliphatic rings. The highest BCUT2D eigenvalue weighted by molar-refractivity contribution is 7.80. The van der Waals surface area contributed by atoms with Gasteiger partial charge in [-0.2, -0.15) is 17.7 Å². The van der Waals surface area contributed by atoms with Gasteiger partial charge in [-0.1, -0.05) is 6.42 Å². The number of aryl methyl sites for hydroxylation is 1. The number of nitrogens with zero attached hydrogens (tertiary/aromatic N) is 3. The van der Waals surface area contributed by atoms with Crippen LogP contribution in [0.25, 0.3) is 0 Å². The minimum Gasteiger partial charge on any atom is -0.253 e. The van der Waals surface area contributed by atoms with Gasteiger partial charge in [-0.05, 0) is 18.6 Å². The van der Waals surface area contributed by atoms with Gasteiger partial charge in [-0.15, -0.1) is 0 Å². The van der Waals surface area contributed by atoms with Gasteiger partial charge in [-0.3, -0.25) is 4.68 Å². The quantitative estimate of drug-likeness (QED) is 0.536. The van der Waals surface area contributed by atoms with Gasteiger partial charge in [0.2, 0.25) is 0 Å². The van der Waals surface area contributed by atoms with E-state index in [1.54, 1.807) is 12.7 Å². The molecule has 1 heterocycles. The van der Waals surface area contributed by atoms with Crippen molar-refractivity contribution in [1.82, 2.24) is 14.8 Å². The van der Waals surface area contributed by atoms with E-state index >= 15 is 0 Å². The molecule has 0 bridgehead atoms. The van der Waals surface area contributed by atoms with Crippen LogP contribution in [0.5, 0.6) is 0 Å². The molecule has 1 aromatic heterocycles. The van der Waals surface area contributed by atoms with E-state index in [-0.39, 0.29) is 0 Å². The summed E-state index contributed by atoms with van der Waals surface area (Å²) in [6, 6.07) is 0. The van der Waals surface area contributed by atoms with Crippen LogP contribution < -0.4 is 0 Å². The maximum atomic E-state index is 4.13. The third-order valence-corrected chi connectivity index (χ3v) is 1.83. The van der Waals surface area contributed by atoms with Gasteiger partial charge in [0.15, 0.2) is 0 Å². The average molecular weight is 171 g/mol. The van der Waals surface area contributed by atoms with E-state index in [2.05, 4.69) is 22.7 Å². The Morgan fingerprint density at radius 1 is 1.27 bits per heavy atom. The summed E-state index contributed by atoms with van der Waals surface area (Å²) in [5.41, 5.74) is 0. The molecule has 62 valence electrons. The topological polar surface area (TPSA) is 30.7 Å². The molecule has 0 aliphatic heterocycles. The van der Waals surface area contributed by atoms with E-state index in [1.807, 2.05) is 4.68 Å². The fraction of sp³-hybridized carbons (Fsp3) is 0.714. The Hall–Kier alpha value is -0.510. The first-order valence-corrected chi connectivity index (χ1v) is 4.50. The molecule has 0 amide bonds. The van der Waals surface area contributed by atoms with Crippen molar-refractivity contribution in [2.45, 2.75) is 25.8 Å². The van der Waals surface area contributed by atoms with E-state index in [0.717, 1.165) is 12.3 Å². The van der Waals surface area contributed by atoms with E-state index in [9.17, 15) is 0 Å².